The summed E-state index contributed by atoms with van der Waals surface area (Å²) in [6, 6.07) is 3.37. The molecule has 0 amide bonds. The highest BCUT2D eigenvalue weighted by atomic mass is 16.5. The summed E-state index contributed by atoms with van der Waals surface area (Å²) in [6.07, 6.45) is 0. The van der Waals surface area contributed by atoms with Crippen LogP contribution in [0.4, 0.5) is 0 Å². The quantitative estimate of drug-likeness (QED) is 0.871. The van der Waals surface area contributed by atoms with Gasteiger partial charge in [0.25, 0.3) is 0 Å². The molecule has 17 heavy (non-hydrogen) atoms. The van der Waals surface area contributed by atoms with Gasteiger partial charge in [-0.3, -0.25) is 4.40 Å². The Bertz CT molecular complexity index is 589. The zero-order valence-corrected chi connectivity index (χ0v) is 9.72. The first-order valence-electron chi connectivity index (χ1n) is 4.93. The zero-order chi connectivity index (χ0) is 12.6. The third-order valence-electron chi connectivity index (χ3n) is 2.49. The van der Waals surface area contributed by atoms with Crippen LogP contribution in [0.2, 0.25) is 0 Å². The number of aryl methyl sites for hydroxylation is 1. The topological polar surface area (TPSA) is 73.1 Å². The molecular formula is C11H12N2O4. The largest absolute Gasteiger partial charge is 0.491 e. The fourth-order valence-corrected chi connectivity index (χ4v) is 1.80. The number of methoxy groups -OCH3 is 2. The van der Waals surface area contributed by atoms with E-state index in [9.17, 15) is 9.90 Å². The molecule has 2 heterocycles. The number of hydrogen-bond donors (Lipinski definition) is 1. The summed E-state index contributed by atoms with van der Waals surface area (Å²) in [4.78, 5) is 15.4. The summed E-state index contributed by atoms with van der Waals surface area (Å²) in [5.41, 5.74) is 1.03. The van der Waals surface area contributed by atoms with Gasteiger partial charge in [-0.2, -0.15) is 0 Å². The van der Waals surface area contributed by atoms with Gasteiger partial charge in [-0.15, -0.1) is 0 Å². The zero-order valence-electron chi connectivity index (χ0n) is 9.72. The third kappa shape index (κ3) is 1.57. The van der Waals surface area contributed by atoms with Crippen molar-refractivity contribution in [2.24, 2.45) is 0 Å². The minimum absolute atomic E-state index is 0.0794. The molecule has 0 radical (unpaired) electrons. The molecule has 6 nitrogen and oxygen atoms in total. The Labute approximate surface area is 97.4 Å². The number of pyridine rings is 1. The van der Waals surface area contributed by atoms with Gasteiger partial charge in [-0.25, -0.2) is 9.78 Å². The number of rotatable bonds is 3. The lowest BCUT2D eigenvalue weighted by molar-refractivity contribution is 0.0687. The van der Waals surface area contributed by atoms with Crippen LogP contribution in [0.25, 0.3) is 5.65 Å². The normalized spacial score (nSPS) is 10.5. The number of fused-ring (bicyclic) bond motifs is 1. The van der Waals surface area contributed by atoms with Crippen LogP contribution < -0.4 is 9.47 Å². The Hall–Kier alpha value is -2.24. The smallest absolute Gasteiger partial charge is 0.354 e. The van der Waals surface area contributed by atoms with E-state index in [0.29, 0.717) is 23.0 Å². The third-order valence-corrected chi connectivity index (χ3v) is 2.49. The van der Waals surface area contributed by atoms with Crippen LogP contribution >= 0.6 is 0 Å². The first kappa shape index (κ1) is 11.3. The number of aromatic carboxylic acids is 1. The molecule has 90 valence electrons. The molecule has 2 aromatic heterocycles. The molecule has 0 spiro atoms. The van der Waals surface area contributed by atoms with E-state index >= 15 is 0 Å². The first-order valence-corrected chi connectivity index (χ1v) is 4.93. The van der Waals surface area contributed by atoms with E-state index in [-0.39, 0.29) is 5.69 Å². The number of nitrogens with zero attached hydrogens (tertiary/aromatic N) is 2. The minimum Gasteiger partial charge on any atom is -0.491 e. The molecule has 0 unspecified atom stereocenters. The molecule has 0 aliphatic heterocycles. The second-order valence-corrected chi connectivity index (χ2v) is 3.46. The molecule has 0 fully saturated rings. The summed E-state index contributed by atoms with van der Waals surface area (Å²) in [5.74, 6) is -0.274. The lowest BCUT2D eigenvalue weighted by Crippen LogP contribution is -2.07. The number of carbonyl (C=O) groups is 1. The van der Waals surface area contributed by atoms with Crippen LogP contribution in [0.1, 0.15) is 16.2 Å². The second kappa shape index (κ2) is 3.97. The molecule has 1 N–H and O–H groups in total. The fourth-order valence-electron chi connectivity index (χ4n) is 1.80. The van der Waals surface area contributed by atoms with E-state index in [1.54, 1.807) is 19.1 Å². The van der Waals surface area contributed by atoms with Crippen LogP contribution in [0.5, 0.6) is 11.6 Å². The Morgan fingerprint density at radius 3 is 2.59 bits per heavy atom. The summed E-state index contributed by atoms with van der Waals surface area (Å²) in [6.45, 7) is 1.64. The van der Waals surface area contributed by atoms with E-state index in [1.807, 2.05) is 0 Å². The average molecular weight is 236 g/mol. The SMILES string of the molecule is COc1ccc2nc(C)c(C(=O)O)n2c1OC. The predicted octanol–water partition coefficient (Wildman–Crippen LogP) is 1.36. The summed E-state index contributed by atoms with van der Waals surface area (Å²) in [7, 11) is 2.95. The molecule has 0 atom stereocenters. The molecule has 6 heteroatoms. The van der Waals surface area contributed by atoms with E-state index in [1.165, 1.54) is 18.6 Å². The van der Waals surface area contributed by atoms with Crippen LogP contribution in [-0.2, 0) is 0 Å². The van der Waals surface area contributed by atoms with E-state index in [4.69, 9.17) is 9.47 Å². The first-order chi connectivity index (χ1) is 8.10. The maximum absolute atomic E-state index is 11.2. The van der Waals surface area contributed by atoms with E-state index < -0.39 is 5.97 Å². The highest BCUT2D eigenvalue weighted by Crippen LogP contribution is 2.30. The minimum atomic E-state index is -1.05. The van der Waals surface area contributed by atoms with Crippen molar-refractivity contribution in [1.29, 1.82) is 0 Å². The predicted molar refractivity (Wildman–Crippen MR) is 60.0 cm³/mol. The number of aromatic nitrogens is 2. The lowest BCUT2D eigenvalue weighted by Gasteiger charge is -2.10. The van der Waals surface area contributed by atoms with E-state index in [2.05, 4.69) is 4.98 Å². The van der Waals surface area contributed by atoms with Crippen molar-refractivity contribution < 1.29 is 19.4 Å². The summed E-state index contributed by atoms with van der Waals surface area (Å²) >= 11 is 0. The second-order valence-electron chi connectivity index (χ2n) is 3.46. The van der Waals surface area contributed by atoms with Crippen molar-refractivity contribution >= 4 is 11.6 Å². The van der Waals surface area contributed by atoms with Gasteiger partial charge >= 0.3 is 5.97 Å². The van der Waals surface area contributed by atoms with Gasteiger partial charge in [-0.05, 0) is 19.1 Å². The number of ether oxygens (including phenoxy) is 2. The molecular weight excluding hydrogens is 224 g/mol. The van der Waals surface area contributed by atoms with Crippen LogP contribution in [0.15, 0.2) is 12.1 Å². The maximum atomic E-state index is 11.2. The van der Waals surface area contributed by atoms with Crippen molar-refractivity contribution in [3.05, 3.63) is 23.5 Å². The standard InChI is InChI=1S/C11H12N2O4/c1-6-9(11(14)15)13-8(12-6)5-4-7(16-2)10(13)17-3/h4-5H,1-3H3,(H,14,15). The summed E-state index contributed by atoms with van der Waals surface area (Å²) < 4.78 is 11.7. The van der Waals surface area contributed by atoms with Crippen molar-refractivity contribution in [1.82, 2.24) is 9.38 Å². The Balaban J connectivity index is 2.90. The number of hydrogen-bond acceptors (Lipinski definition) is 4. The van der Waals surface area contributed by atoms with Gasteiger partial charge in [-0.1, -0.05) is 0 Å². The number of carboxylic acids is 1. The maximum Gasteiger partial charge on any atom is 0.354 e. The Kier molecular flexibility index (Phi) is 2.63. The van der Waals surface area contributed by atoms with E-state index in [0.717, 1.165) is 0 Å². The molecule has 0 aromatic carbocycles. The molecule has 0 bridgehead atoms. The molecule has 2 rings (SSSR count). The Morgan fingerprint density at radius 2 is 2.06 bits per heavy atom. The van der Waals surface area contributed by atoms with Crippen LogP contribution in [0, 0.1) is 6.92 Å². The van der Waals surface area contributed by atoms with Gasteiger partial charge in [0.05, 0.1) is 19.9 Å². The molecule has 0 saturated heterocycles. The Morgan fingerprint density at radius 1 is 1.35 bits per heavy atom. The highest BCUT2D eigenvalue weighted by Gasteiger charge is 2.20. The van der Waals surface area contributed by atoms with Crippen molar-refractivity contribution in [2.45, 2.75) is 6.92 Å². The van der Waals surface area contributed by atoms with Gasteiger partial charge in [0.15, 0.2) is 11.4 Å². The molecule has 0 saturated carbocycles. The molecule has 2 aromatic rings. The van der Waals surface area contributed by atoms with Gasteiger partial charge < -0.3 is 14.6 Å². The lowest BCUT2D eigenvalue weighted by atomic mass is 10.3. The van der Waals surface area contributed by atoms with Crippen molar-refractivity contribution in [3.8, 4) is 11.6 Å². The number of imidazole rings is 1. The summed E-state index contributed by atoms with van der Waals surface area (Å²) in [5, 5.41) is 9.18. The van der Waals surface area contributed by atoms with Gasteiger partial charge in [0.1, 0.15) is 5.65 Å². The van der Waals surface area contributed by atoms with Gasteiger partial charge in [0.2, 0.25) is 5.88 Å². The van der Waals surface area contributed by atoms with Crippen molar-refractivity contribution in [2.75, 3.05) is 14.2 Å². The fraction of sp³-hybridized carbons (Fsp3) is 0.273. The monoisotopic (exact) mass is 236 g/mol. The van der Waals surface area contributed by atoms with Gasteiger partial charge in [0, 0.05) is 0 Å². The molecule has 0 aliphatic carbocycles. The number of carboxylic acid groups (broad SMARTS) is 1. The average Bonchev–Trinajstić information content (AvgIpc) is 2.63. The van der Waals surface area contributed by atoms with Crippen molar-refractivity contribution in [3.63, 3.8) is 0 Å². The van der Waals surface area contributed by atoms with Crippen LogP contribution in [0.3, 0.4) is 0 Å². The van der Waals surface area contributed by atoms with Crippen LogP contribution in [-0.4, -0.2) is 34.7 Å². The highest BCUT2D eigenvalue weighted by molar-refractivity contribution is 5.88. The molecule has 0 aliphatic rings.